The van der Waals surface area contributed by atoms with Crippen LogP contribution in [0.2, 0.25) is 0 Å². The van der Waals surface area contributed by atoms with Gasteiger partial charge in [0.2, 0.25) is 0 Å². The van der Waals surface area contributed by atoms with E-state index in [0.29, 0.717) is 6.04 Å². The summed E-state index contributed by atoms with van der Waals surface area (Å²) in [5.74, 6) is 3.44. The monoisotopic (exact) mass is 295 g/mol. The Balaban J connectivity index is 2.23. The van der Waals surface area contributed by atoms with Crippen LogP contribution in [0.15, 0.2) is 24.3 Å². The molecule has 0 saturated heterocycles. The van der Waals surface area contributed by atoms with E-state index in [1.165, 1.54) is 29.9 Å². The summed E-state index contributed by atoms with van der Waals surface area (Å²) >= 11 is 2.01. The molecule has 2 nitrogen and oxygen atoms in total. The number of unbranched alkanes of at least 4 members (excludes halogenated alkanes) is 1. The average molecular weight is 295 g/mol. The Morgan fingerprint density at radius 2 is 1.95 bits per heavy atom. The zero-order valence-corrected chi connectivity index (χ0v) is 14.0. The van der Waals surface area contributed by atoms with Crippen molar-refractivity contribution in [3.05, 3.63) is 29.8 Å². The van der Waals surface area contributed by atoms with Gasteiger partial charge in [-0.3, -0.25) is 0 Å². The molecule has 1 atom stereocenters. The highest BCUT2D eigenvalue weighted by atomic mass is 32.2. The van der Waals surface area contributed by atoms with Gasteiger partial charge in [0.25, 0.3) is 0 Å². The van der Waals surface area contributed by atoms with Crippen LogP contribution in [0.3, 0.4) is 0 Å². The van der Waals surface area contributed by atoms with Crippen LogP contribution < -0.4 is 10.1 Å². The van der Waals surface area contributed by atoms with E-state index >= 15 is 0 Å². The van der Waals surface area contributed by atoms with Crippen LogP contribution in [0, 0.1) is 0 Å². The van der Waals surface area contributed by atoms with E-state index in [-0.39, 0.29) is 0 Å². The number of hydrogen-bond donors (Lipinski definition) is 1. The Labute approximate surface area is 128 Å². The number of ether oxygens (including phenoxy) is 1. The molecule has 1 aromatic rings. The van der Waals surface area contributed by atoms with Crippen molar-refractivity contribution < 1.29 is 4.74 Å². The first-order valence-corrected chi connectivity index (χ1v) is 8.94. The molecule has 1 unspecified atom stereocenters. The van der Waals surface area contributed by atoms with Crippen LogP contribution in [-0.2, 0) is 6.54 Å². The number of benzene rings is 1. The molecule has 0 amide bonds. The third kappa shape index (κ3) is 7.81. The van der Waals surface area contributed by atoms with Crippen molar-refractivity contribution in [2.24, 2.45) is 0 Å². The van der Waals surface area contributed by atoms with Crippen molar-refractivity contribution in [3.8, 4) is 5.75 Å². The zero-order chi connectivity index (χ0) is 14.6. The second-order valence-electron chi connectivity index (χ2n) is 5.11. The quantitative estimate of drug-likeness (QED) is 0.608. The van der Waals surface area contributed by atoms with Crippen LogP contribution in [0.5, 0.6) is 5.75 Å². The third-order valence-electron chi connectivity index (χ3n) is 3.24. The molecular weight excluding hydrogens is 266 g/mol. The maximum atomic E-state index is 5.67. The molecule has 1 rings (SSSR count). The molecule has 0 aromatic heterocycles. The Morgan fingerprint density at radius 3 is 2.60 bits per heavy atom. The molecule has 3 heteroatoms. The molecule has 1 aromatic carbocycles. The minimum Gasteiger partial charge on any atom is -0.494 e. The van der Waals surface area contributed by atoms with Gasteiger partial charge in [-0.1, -0.05) is 32.4 Å². The first kappa shape index (κ1) is 17.4. The third-order valence-corrected chi connectivity index (χ3v) is 4.18. The first-order chi connectivity index (χ1) is 9.76. The number of nitrogens with one attached hydrogen (secondary N) is 1. The minimum atomic E-state index is 0.578. The van der Waals surface area contributed by atoms with Gasteiger partial charge in [-0.25, -0.2) is 0 Å². The molecular formula is C17H29NOS. The molecule has 0 fully saturated rings. The van der Waals surface area contributed by atoms with Crippen molar-refractivity contribution in [1.82, 2.24) is 5.32 Å². The van der Waals surface area contributed by atoms with Crippen molar-refractivity contribution in [3.63, 3.8) is 0 Å². The number of rotatable bonds is 11. The van der Waals surface area contributed by atoms with E-state index in [4.69, 9.17) is 4.74 Å². The summed E-state index contributed by atoms with van der Waals surface area (Å²) < 4.78 is 5.67. The predicted molar refractivity (Wildman–Crippen MR) is 90.8 cm³/mol. The SMILES string of the molecule is CCCCOc1ccc(CNC(C)CCSCC)cc1. The van der Waals surface area contributed by atoms with Crippen molar-refractivity contribution in [1.29, 1.82) is 0 Å². The van der Waals surface area contributed by atoms with Gasteiger partial charge in [0, 0.05) is 12.6 Å². The fourth-order valence-electron chi connectivity index (χ4n) is 1.84. The largest absolute Gasteiger partial charge is 0.494 e. The molecule has 1 N–H and O–H groups in total. The molecule has 0 bridgehead atoms. The van der Waals surface area contributed by atoms with E-state index in [0.717, 1.165) is 25.3 Å². The molecule has 0 aliphatic heterocycles. The summed E-state index contributed by atoms with van der Waals surface area (Å²) in [4.78, 5) is 0. The lowest BCUT2D eigenvalue weighted by molar-refractivity contribution is 0.309. The van der Waals surface area contributed by atoms with E-state index in [9.17, 15) is 0 Å². The van der Waals surface area contributed by atoms with Gasteiger partial charge in [0.05, 0.1) is 6.61 Å². The molecule has 0 spiro atoms. The zero-order valence-electron chi connectivity index (χ0n) is 13.2. The second-order valence-corrected chi connectivity index (χ2v) is 6.51. The van der Waals surface area contributed by atoms with E-state index in [1.807, 2.05) is 11.8 Å². The summed E-state index contributed by atoms with van der Waals surface area (Å²) in [7, 11) is 0. The minimum absolute atomic E-state index is 0.578. The molecule has 114 valence electrons. The van der Waals surface area contributed by atoms with Crippen molar-refractivity contribution in [2.45, 2.75) is 52.6 Å². The topological polar surface area (TPSA) is 21.3 Å². The fourth-order valence-corrected chi connectivity index (χ4v) is 2.65. The van der Waals surface area contributed by atoms with Gasteiger partial charge in [-0.2, -0.15) is 11.8 Å². The van der Waals surface area contributed by atoms with E-state index < -0.39 is 0 Å². The smallest absolute Gasteiger partial charge is 0.119 e. The Kier molecular flexibility index (Phi) is 9.60. The van der Waals surface area contributed by atoms with Gasteiger partial charge >= 0.3 is 0 Å². The van der Waals surface area contributed by atoms with E-state index in [2.05, 4.69) is 50.4 Å². The molecule has 0 aliphatic carbocycles. The maximum absolute atomic E-state index is 5.67. The lowest BCUT2D eigenvalue weighted by Crippen LogP contribution is -2.25. The van der Waals surface area contributed by atoms with Crippen LogP contribution in [0.25, 0.3) is 0 Å². The molecule has 20 heavy (non-hydrogen) atoms. The molecule has 0 saturated carbocycles. The lowest BCUT2D eigenvalue weighted by atomic mass is 10.2. The van der Waals surface area contributed by atoms with Crippen LogP contribution >= 0.6 is 11.8 Å². The normalized spacial score (nSPS) is 12.3. The van der Waals surface area contributed by atoms with Crippen LogP contribution in [0.1, 0.15) is 45.6 Å². The molecule has 0 radical (unpaired) electrons. The highest BCUT2D eigenvalue weighted by Gasteiger charge is 2.02. The highest BCUT2D eigenvalue weighted by molar-refractivity contribution is 7.99. The van der Waals surface area contributed by atoms with E-state index in [1.54, 1.807) is 0 Å². The van der Waals surface area contributed by atoms with Gasteiger partial charge in [0.15, 0.2) is 0 Å². The summed E-state index contributed by atoms with van der Waals surface area (Å²) in [6, 6.07) is 9.03. The fraction of sp³-hybridized carbons (Fsp3) is 0.647. The van der Waals surface area contributed by atoms with Gasteiger partial charge < -0.3 is 10.1 Å². The predicted octanol–water partition coefficient (Wildman–Crippen LogP) is 4.49. The number of hydrogen-bond acceptors (Lipinski definition) is 3. The number of thioether (sulfide) groups is 1. The van der Waals surface area contributed by atoms with Crippen LogP contribution in [0.4, 0.5) is 0 Å². The Morgan fingerprint density at radius 1 is 1.20 bits per heavy atom. The van der Waals surface area contributed by atoms with Gasteiger partial charge in [0.1, 0.15) is 5.75 Å². The Bertz CT molecular complexity index is 339. The Hall–Kier alpha value is -0.670. The average Bonchev–Trinajstić information content (AvgIpc) is 2.47. The lowest BCUT2D eigenvalue weighted by Gasteiger charge is -2.13. The molecule has 0 aliphatic rings. The highest BCUT2D eigenvalue weighted by Crippen LogP contribution is 2.13. The summed E-state index contributed by atoms with van der Waals surface area (Å²) in [6.45, 7) is 8.41. The van der Waals surface area contributed by atoms with Gasteiger partial charge in [-0.15, -0.1) is 0 Å². The van der Waals surface area contributed by atoms with Crippen LogP contribution in [-0.4, -0.2) is 24.2 Å². The van der Waals surface area contributed by atoms with Crippen molar-refractivity contribution >= 4 is 11.8 Å². The van der Waals surface area contributed by atoms with Crippen molar-refractivity contribution in [2.75, 3.05) is 18.1 Å². The maximum Gasteiger partial charge on any atom is 0.119 e. The van der Waals surface area contributed by atoms with Gasteiger partial charge in [-0.05, 0) is 49.0 Å². The standard InChI is InChI=1S/C17H29NOS/c1-4-6-12-19-17-9-7-16(8-10-17)14-18-15(3)11-13-20-5-2/h7-10,15,18H,4-6,11-14H2,1-3H3. The summed E-state index contributed by atoms with van der Waals surface area (Å²) in [6.07, 6.45) is 3.53. The summed E-state index contributed by atoms with van der Waals surface area (Å²) in [5.41, 5.74) is 1.32. The first-order valence-electron chi connectivity index (χ1n) is 7.79. The second kappa shape index (κ2) is 11.0. The summed E-state index contributed by atoms with van der Waals surface area (Å²) in [5, 5.41) is 3.58. The molecule has 0 heterocycles.